The van der Waals surface area contributed by atoms with Gasteiger partial charge in [-0.3, -0.25) is 4.79 Å². The highest BCUT2D eigenvalue weighted by Gasteiger charge is 1.96. The maximum atomic E-state index is 10.00. The molecule has 215 valence electrons. The molecule has 0 aliphatic rings. The van der Waals surface area contributed by atoms with Crippen molar-refractivity contribution in [2.24, 2.45) is 0 Å². The molecule has 0 aliphatic heterocycles. The predicted molar refractivity (Wildman–Crippen MR) is 146 cm³/mol. The predicted octanol–water partition coefficient (Wildman–Crippen LogP) is 6.07. The largest absolute Gasteiger partial charge is 0.379 e. The van der Waals surface area contributed by atoms with Gasteiger partial charge < -0.3 is 28.4 Å². The Balaban J connectivity index is 3.00. The Labute approximate surface area is 222 Å². The standard InChI is InChI=1S/C29H57O7/c1-2-3-4-5-6-7-8-9-10-11-12-13-14-15-18-31-20-22-33-24-26-35-28-29-36-27-25-34-23-21-32-19-16-17-30/h2-16,18-29H2,1H3. The molecule has 1 radical (unpaired) electrons. The van der Waals surface area contributed by atoms with Crippen LogP contribution in [-0.2, 0) is 33.2 Å². The maximum Gasteiger partial charge on any atom is 0.200 e. The highest BCUT2D eigenvalue weighted by molar-refractivity contribution is 5.50. The van der Waals surface area contributed by atoms with E-state index in [1.54, 1.807) is 6.29 Å². The highest BCUT2D eigenvalue weighted by Crippen LogP contribution is 2.12. The summed E-state index contributed by atoms with van der Waals surface area (Å²) in [5, 5.41) is 0. The van der Waals surface area contributed by atoms with Crippen LogP contribution in [0.15, 0.2) is 0 Å². The zero-order valence-electron chi connectivity index (χ0n) is 23.4. The molecule has 0 atom stereocenters. The molecule has 0 N–H and O–H groups in total. The van der Waals surface area contributed by atoms with Crippen LogP contribution in [0.3, 0.4) is 0 Å². The van der Waals surface area contributed by atoms with Crippen LogP contribution in [0.25, 0.3) is 0 Å². The molecule has 0 amide bonds. The van der Waals surface area contributed by atoms with Crippen LogP contribution in [0.4, 0.5) is 0 Å². The van der Waals surface area contributed by atoms with Gasteiger partial charge in [-0.1, -0.05) is 90.4 Å². The van der Waals surface area contributed by atoms with E-state index in [0.717, 1.165) is 13.0 Å². The van der Waals surface area contributed by atoms with Crippen LogP contribution in [0.2, 0.25) is 0 Å². The van der Waals surface area contributed by atoms with Crippen molar-refractivity contribution < 1.29 is 33.2 Å². The number of carbonyl (C=O) groups excluding carboxylic acids is 1. The van der Waals surface area contributed by atoms with Gasteiger partial charge in [-0.15, -0.1) is 0 Å². The second-order valence-corrected chi connectivity index (χ2v) is 9.16. The Kier molecular flexibility index (Phi) is 33.9. The molecular weight excluding hydrogens is 460 g/mol. The van der Waals surface area contributed by atoms with E-state index in [1.807, 2.05) is 0 Å². The molecular formula is C29H57O7. The van der Waals surface area contributed by atoms with Gasteiger partial charge in [0.05, 0.1) is 72.7 Å². The molecule has 0 saturated carbocycles. The molecule has 0 aliphatic carbocycles. The summed E-state index contributed by atoms with van der Waals surface area (Å²) in [6, 6.07) is 0. The van der Waals surface area contributed by atoms with Crippen LogP contribution in [0.5, 0.6) is 0 Å². The third kappa shape index (κ3) is 33.4. The van der Waals surface area contributed by atoms with Crippen molar-refractivity contribution in [2.75, 3.05) is 79.3 Å². The van der Waals surface area contributed by atoms with Crippen molar-refractivity contribution in [3.63, 3.8) is 0 Å². The smallest absolute Gasteiger partial charge is 0.200 e. The molecule has 0 unspecified atom stereocenters. The van der Waals surface area contributed by atoms with E-state index in [0.29, 0.717) is 79.1 Å². The first kappa shape index (κ1) is 35.4. The first-order valence-corrected chi connectivity index (χ1v) is 14.7. The van der Waals surface area contributed by atoms with Crippen molar-refractivity contribution in [3.8, 4) is 0 Å². The number of rotatable bonds is 33. The molecule has 0 saturated heterocycles. The van der Waals surface area contributed by atoms with Gasteiger partial charge in [-0.25, -0.2) is 0 Å². The molecule has 36 heavy (non-hydrogen) atoms. The van der Waals surface area contributed by atoms with E-state index in [-0.39, 0.29) is 0 Å². The van der Waals surface area contributed by atoms with Crippen molar-refractivity contribution in [1.29, 1.82) is 0 Å². The van der Waals surface area contributed by atoms with Gasteiger partial charge in [-0.2, -0.15) is 0 Å². The van der Waals surface area contributed by atoms with E-state index < -0.39 is 0 Å². The van der Waals surface area contributed by atoms with Gasteiger partial charge in [0.1, 0.15) is 0 Å². The lowest BCUT2D eigenvalue weighted by Gasteiger charge is -2.08. The topological polar surface area (TPSA) is 72.5 Å². The summed E-state index contributed by atoms with van der Waals surface area (Å²) < 4.78 is 32.6. The van der Waals surface area contributed by atoms with Crippen molar-refractivity contribution in [1.82, 2.24) is 0 Å². The first-order valence-electron chi connectivity index (χ1n) is 14.7. The zero-order chi connectivity index (χ0) is 26.0. The lowest BCUT2D eigenvalue weighted by atomic mass is 10.0. The van der Waals surface area contributed by atoms with Crippen molar-refractivity contribution in [3.05, 3.63) is 0 Å². The minimum atomic E-state index is 0.307. The van der Waals surface area contributed by atoms with E-state index in [4.69, 9.17) is 28.4 Å². The molecule has 0 spiro atoms. The monoisotopic (exact) mass is 517 g/mol. The van der Waals surface area contributed by atoms with Gasteiger partial charge in [0.2, 0.25) is 6.29 Å². The summed E-state index contributed by atoms with van der Waals surface area (Å²) in [5.74, 6) is 0. The average Bonchev–Trinajstić information content (AvgIpc) is 2.89. The van der Waals surface area contributed by atoms with Gasteiger partial charge in [0.25, 0.3) is 0 Å². The fraction of sp³-hybridized carbons (Fsp3) is 0.966. The summed E-state index contributed by atoms with van der Waals surface area (Å²) in [6.07, 6.45) is 21.4. The van der Waals surface area contributed by atoms with Crippen molar-refractivity contribution >= 4 is 6.29 Å². The fourth-order valence-corrected chi connectivity index (χ4v) is 3.71. The van der Waals surface area contributed by atoms with Crippen LogP contribution in [0, 0.1) is 0 Å². The summed E-state index contributed by atoms with van der Waals surface area (Å²) in [7, 11) is 0. The molecule has 0 rings (SSSR count). The quantitative estimate of drug-likeness (QED) is 0.0979. The molecule has 0 heterocycles. The summed E-state index contributed by atoms with van der Waals surface area (Å²) >= 11 is 0. The van der Waals surface area contributed by atoms with Gasteiger partial charge >= 0.3 is 0 Å². The number of hydrogen-bond donors (Lipinski definition) is 0. The second-order valence-electron chi connectivity index (χ2n) is 9.16. The Bertz CT molecular complexity index is 396. The molecule has 0 bridgehead atoms. The minimum Gasteiger partial charge on any atom is -0.379 e. The van der Waals surface area contributed by atoms with Gasteiger partial charge in [0, 0.05) is 13.0 Å². The minimum absolute atomic E-state index is 0.307. The van der Waals surface area contributed by atoms with Crippen LogP contribution in [-0.4, -0.2) is 85.6 Å². The summed E-state index contributed by atoms with van der Waals surface area (Å²) in [5.41, 5.74) is 0. The van der Waals surface area contributed by atoms with E-state index in [2.05, 4.69) is 6.92 Å². The lowest BCUT2D eigenvalue weighted by molar-refractivity contribution is -0.0165. The Hall–Kier alpha value is -0.570. The summed E-state index contributed by atoms with van der Waals surface area (Å²) in [4.78, 5) is 10.00. The number of hydrogen-bond acceptors (Lipinski definition) is 7. The summed E-state index contributed by atoms with van der Waals surface area (Å²) in [6.45, 7) is 9.04. The number of unbranched alkanes of at least 4 members (excludes halogenated alkanes) is 13. The Morgan fingerprint density at radius 3 is 0.972 bits per heavy atom. The number of ether oxygens (including phenoxy) is 6. The molecule has 0 aromatic rings. The highest BCUT2D eigenvalue weighted by atomic mass is 16.6. The SMILES string of the molecule is CCCCCCCCCCCCCCCCOCCOCCOCCOCCOCCOCC[C]=O. The molecule has 0 fully saturated rings. The van der Waals surface area contributed by atoms with Crippen LogP contribution in [0.1, 0.15) is 103 Å². The van der Waals surface area contributed by atoms with Crippen LogP contribution >= 0.6 is 0 Å². The first-order chi connectivity index (χ1) is 17.9. The van der Waals surface area contributed by atoms with Crippen LogP contribution < -0.4 is 0 Å². The average molecular weight is 518 g/mol. The van der Waals surface area contributed by atoms with E-state index in [9.17, 15) is 4.79 Å². The van der Waals surface area contributed by atoms with E-state index in [1.165, 1.54) is 83.5 Å². The van der Waals surface area contributed by atoms with Gasteiger partial charge in [-0.05, 0) is 6.42 Å². The Morgan fingerprint density at radius 1 is 0.361 bits per heavy atom. The third-order valence-corrected chi connectivity index (χ3v) is 5.85. The Morgan fingerprint density at radius 2 is 0.639 bits per heavy atom. The molecule has 0 aromatic carbocycles. The lowest BCUT2D eigenvalue weighted by Crippen LogP contribution is -2.14. The second kappa shape index (κ2) is 34.4. The molecule has 7 nitrogen and oxygen atoms in total. The van der Waals surface area contributed by atoms with Gasteiger partial charge in [0.15, 0.2) is 0 Å². The third-order valence-electron chi connectivity index (χ3n) is 5.85. The molecule has 7 heteroatoms. The zero-order valence-corrected chi connectivity index (χ0v) is 23.4. The maximum absolute atomic E-state index is 10.00. The van der Waals surface area contributed by atoms with E-state index >= 15 is 0 Å². The van der Waals surface area contributed by atoms with Crippen molar-refractivity contribution in [2.45, 2.75) is 103 Å². The normalized spacial score (nSPS) is 11.4. The molecule has 0 aromatic heterocycles. The fourth-order valence-electron chi connectivity index (χ4n) is 3.71.